The second-order valence-electron chi connectivity index (χ2n) is 5.01. The number of hydrogen-bond acceptors (Lipinski definition) is 5. The van der Waals surface area contributed by atoms with E-state index in [1.807, 2.05) is 31.3 Å². The van der Waals surface area contributed by atoms with Crippen molar-refractivity contribution < 1.29 is 0 Å². The van der Waals surface area contributed by atoms with Gasteiger partial charge in [-0.15, -0.1) is 5.10 Å². The van der Waals surface area contributed by atoms with Gasteiger partial charge in [0.1, 0.15) is 0 Å². The van der Waals surface area contributed by atoms with Gasteiger partial charge in [0.15, 0.2) is 5.82 Å². The van der Waals surface area contributed by atoms with E-state index in [0.29, 0.717) is 16.8 Å². The van der Waals surface area contributed by atoms with Crippen LogP contribution in [0.2, 0.25) is 5.02 Å². The van der Waals surface area contributed by atoms with Gasteiger partial charge in [-0.05, 0) is 24.3 Å². The van der Waals surface area contributed by atoms with Crippen molar-refractivity contribution in [3.8, 4) is 11.4 Å². The second-order valence-corrected chi connectivity index (χ2v) is 5.39. The standard InChI is InChI=1S/C15H12ClN7/c1-23-15(20-14(22-23)9-3-2-6-17-7-9)19-12-5-4-11-10(13(12)16)8-18-21-11/h2-8H,1H3,(H,18,21)(H,19,20,22). The van der Waals surface area contributed by atoms with Crippen LogP contribution in [-0.2, 0) is 7.05 Å². The second kappa shape index (κ2) is 5.36. The number of benzene rings is 1. The number of nitrogens with zero attached hydrogens (tertiary/aromatic N) is 5. The minimum Gasteiger partial charge on any atom is -0.323 e. The molecule has 4 aromatic rings. The molecule has 0 aliphatic carbocycles. The summed E-state index contributed by atoms with van der Waals surface area (Å²) in [6.07, 6.45) is 5.13. The van der Waals surface area contributed by atoms with Crippen LogP contribution < -0.4 is 5.32 Å². The lowest BCUT2D eigenvalue weighted by Gasteiger charge is -2.07. The van der Waals surface area contributed by atoms with E-state index in [0.717, 1.165) is 22.2 Å². The molecule has 0 aliphatic rings. The maximum atomic E-state index is 6.42. The zero-order chi connectivity index (χ0) is 15.8. The summed E-state index contributed by atoms with van der Waals surface area (Å²) >= 11 is 6.42. The highest BCUT2D eigenvalue weighted by atomic mass is 35.5. The van der Waals surface area contributed by atoms with Crippen molar-refractivity contribution in [2.24, 2.45) is 7.05 Å². The quantitative estimate of drug-likeness (QED) is 0.604. The molecule has 3 aromatic heterocycles. The highest BCUT2D eigenvalue weighted by Gasteiger charge is 2.12. The number of anilines is 2. The molecule has 114 valence electrons. The van der Waals surface area contributed by atoms with E-state index in [1.54, 1.807) is 23.3 Å². The number of rotatable bonds is 3. The molecule has 0 unspecified atom stereocenters. The first-order chi connectivity index (χ1) is 11.2. The van der Waals surface area contributed by atoms with Crippen LogP contribution in [0, 0.1) is 0 Å². The highest BCUT2D eigenvalue weighted by molar-refractivity contribution is 6.38. The smallest absolute Gasteiger partial charge is 0.225 e. The summed E-state index contributed by atoms with van der Waals surface area (Å²) in [6, 6.07) is 7.55. The average molecular weight is 326 g/mol. The van der Waals surface area contributed by atoms with E-state index < -0.39 is 0 Å². The molecular weight excluding hydrogens is 314 g/mol. The van der Waals surface area contributed by atoms with Crippen molar-refractivity contribution in [3.05, 3.63) is 47.9 Å². The first-order valence-electron chi connectivity index (χ1n) is 6.92. The SMILES string of the molecule is Cn1nc(-c2cccnc2)nc1Nc1ccc2[nH]ncc2c1Cl. The van der Waals surface area contributed by atoms with Crippen molar-refractivity contribution in [2.75, 3.05) is 5.32 Å². The zero-order valence-corrected chi connectivity index (χ0v) is 12.9. The van der Waals surface area contributed by atoms with Gasteiger partial charge in [-0.3, -0.25) is 10.1 Å². The third kappa shape index (κ3) is 2.40. The molecule has 2 N–H and O–H groups in total. The number of halogens is 1. The summed E-state index contributed by atoms with van der Waals surface area (Å²) in [5, 5.41) is 15.9. The predicted octanol–water partition coefficient (Wildman–Crippen LogP) is 3.15. The largest absolute Gasteiger partial charge is 0.323 e. The van der Waals surface area contributed by atoms with Crippen molar-refractivity contribution in [3.63, 3.8) is 0 Å². The fourth-order valence-electron chi connectivity index (χ4n) is 2.31. The third-order valence-corrected chi connectivity index (χ3v) is 3.89. The van der Waals surface area contributed by atoms with Crippen LogP contribution in [0.3, 0.4) is 0 Å². The molecule has 23 heavy (non-hydrogen) atoms. The lowest BCUT2D eigenvalue weighted by molar-refractivity contribution is 0.778. The molecule has 0 radical (unpaired) electrons. The summed E-state index contributed by atoms with van der Waals surface area (Å²) in [7, 11) is 1.82. The van der Waals surface area contributed by atoms with Crippen molar-refractivity contribution >= 4 is 34.1 Å². The van der Waals surface area contributed by atoms with Gasteiger partial charge in [0.2, 0.25) is 5.95 Å². The van der Waals surface area contributed by atoms with Crippen molar-refractivity contribution in [1.29, 1.82) is 0 Å². The number of fused-ring (bicyclic) bond motifs is 1. The Morgan fingerprint density at radius 2 is 2.13 bits per heavy atom. The Morgan fingerprint density at radius 3 is 2.96 bits per heavy atom. The van der Waals surface area contributed by atoms with Gasteiger partial charge in [0.25, 0.3) is 0 Å². The average Bonchev–Trinajstić information content (AvgIpc) is 3.19. The maximum absolute atomic E-state index is 6.42. The summed E-state index contributed by atoms with van der Waals surface area (Å²) in [6.45, 7) is 0. The van der Waals surface area contributed by atoms with Crippen molar-refractivity contribution in [1.82, 2.24) is 29.9 Å². The molecule has 0 bridgehead atoms. The third-order valence-electron chi connectivity index (χ3n) is 3.49. The van der Waals surface area contributed by atoms with Gasteiger partial charge < -0.3 is 5.32 Å². The normalized spacial score (nSPS) is 11.0. The van der Waals surface area contributed by atoms with E-state index in [1.165, 1.54) is 0 Å². The highest BCUT2D eigenvalue weighted by Crippen LogP contribution is 2.31. The van der Waals surface area contributed by atoms with Crippen LogP contribution in [0.4, 0.5) is 11.6 Å². The molecule has 0 fully saturated rings. The monoisotopic (exact) mass is 325 g/mol. The Labute approximate surface area is 136 Å². The first-order valence-corrected chi connectivity index (χ1v) is 7.30. The molecular formula is C15H12ClN7. The van der Waals surface area contributed by atoms with Crippen LogP contribution in [0.1, 0.15) is 0 Å². The lowest BCUT2D eigenvalue weighted by atomic mass is 10.2. The summed E-state index contributed by atoms with van der Waals surface area (Å²) in [4.78, 5) is 8.59. The van der Waals surface area contributed by atoms with Gasteiger partial charge in [-0.2, -0.15) is 10.1 Å². The molecule has 8 heteroatoms. The Balaban J connectivity index is 1.71. The maximum Gasteiger partial charge on any atom is 0.225 e. The number of aromatic nitrogens is 6. The molecule has 7 nitrogen and oxygen atoms in total. The number of hydrogen-bond donors (Lipinski definition) is 2. The van der Waals surface area contributed by atoms with E-state index in [9.17, 15) is 0 Å². The Bertz CT molecular complexity index is 974. The van der Waals surface area contributed by atoms with Crippen LogP contribution in [-0.4, -0.2) is 29.9 Å². The molecule has 3 heterocycles. The summed E-state index contributed by atoms with van der Waals surface area (Å²) in [5.74, 6) is 1.19. The van der Waals surface area contributed by atoms with Crippen LogP contribution in [0.15, 0.2) is 42.9 Å². The molecule has 1 aromatic carbocycles. The van der Waals surface area contributed by atoms with Gasteiger partial charge in [0, 0.05) is 30.4 Å². The molecule has 0 atom stereocenters. The van der Waals surface area contributed by atoms with Gasteiger partial charge >= 0.3 is 0 Å². The van der Waals surface area contributed by atoms with E-state index in [2.05, 4.69) is 30.6 Å². The molecule has 0 spiro atoms. The van der Waals surface area contributed by atoms with Crippen LogP contribution in [0.5, 0.6) is 0 Å². The topological polar surface area (TPSA) is 84.3 Å². The molecule has 0 saturated heterocycles. The number of aromatic amines is 1. The van der Waals surface area contributed by atoms with E-state index in [4.69, 9.17) is 11.6 Å². The first kappa shape index (κ1) is 13.7. The number of pyridine rings is 1. The van der Waals surface area contributed by atoms with Gasteiger partial charge in [-0.25, -0.2) is 4.68 Å². The summed E-state index contributed by atoms with van der Waals surface area (Å²) < 4.78 is 1.66. The number of H-pyrrole nitrogens is 1. The minimum absolute atomic E-state index is 0.585. The van der Waals surface area contributed by atoms with Crippen LogP contribution in [0.25, 0.3) is 22.3 Å². The molecule has 0 saturated carbocycles. The van der Waals surface area contributed by atoms with E-state index in [-0.39, 0.29) is 0 Å². The van der Waals surface area contributed by atoms with Crippen molar-refractivity contribution in [2.45, 2.75) is 0 Å². The van der Waals surface area contributed by atoms with E-state index >= 15 is 0 Å². The Kier molecular flexibility index (Phi) is 3.20. The predicted molar refractivity (Wildman–Crippen MR) is 88.6 cm³/mol. The number of aryl methyl sites for hydroxylation is 1. The number of nitrogens with one attached hydrogen (secondary N) is 2. The lowest BCUT2D eigenvalue weighted by Crippen LogP contribution is -2.00. The summed E-state index contributed by atoms with van der Waals surface area (Å²) in [5.41, 5.74) is 2.48. The fraction of sp³-hybridized carbons (Fsp3) is 0.0667. The zero-order valence-electron chi connectivity index (χ0n) is 12.2. The van der Waals surface area contributed by atoms with Gasteiger partial charge in [0.05, 0.1) is 22.4 Å². The fourth-order valence-corrected chi connectivity index (χ4v) is 2.57. The molecule has 0 amide bonds. The molecule has 4 rings (SSSR count). The van der Waals surface area contributed by atoms with Crippen LogP contribution >= 0.6 is 11.6 Å². The Morgan fingerprint density at radius 1 is 1.22 bits per heavy atom. The minimum atomic E-state index is 0.585. The molecule has 0 aliphatic heterocycles. The Hall–Kier alpha value is -2.93. The van der Waals surface area contributed by atoms with Gasteiger partial charge in [-0.1, -0.05) is 11.6 Å².